The first kappa shape index (κ1) is 18.2. The SMILES string of the molecule is CN1C(=O)N(CCN2CCCCC2)C(=O)C2C1=Nc1oc(C(C)(C)C)c[n+]12. The second-order valence-corrected chi connectivity index (χ2v) is 8.64. The van der Waals surface area contributed by atoms with Crippen molar-refractivity contribution in [2.45, 2.75) is 51.5 Å². The van der Waals surface area contributed by atoms with Crippen LogP contribution in [0.3, 0.4) is 0 Å². The summed E-state index contributed by atoms with van der Waals surface area (Å²) in [6.45, 7) is 9.36. The van der Waals surface area contributed by atoms with Gasteiger partial charge in [0, 0.05) is 30.5 Å². The molecule has 27 heavy (non-hydrogen) atoms. The van der Waals surface area contributed by atoms with E-state index in [1.54, 1.807) is 11.6 Å². The number of likely N-dealkylation sites (tertiary alicyclic amines) is 1. The van der Waals surface area contributed by atoms with Crippen molar-refractivity contribution in [2.75, 3.05) is 33.2 Å². The molecular weight excluding hydrogens is 346 g/mol. The maximum atomic E-state index is 13.2. The van der Waals surface area contributed by atoms with Crippen LogP contribution in [0.2, 0.25) is 0 Å². The number of oxazole rings is 1. The predicted molar refractivity (Wildman–Crippen MR) is 98.9 cm³/mol. The number of fused-ring (bicyclic) bond motifs is 3. The molecule has 0 radical (unpaired) electrons. The second-order valence-electron chi connectivity index (χ2n) is 8.64. The first-order valence-electron chi connectivity index (χ1n) is 9.73. The molecule has 0 spiro atoms. The third kappa shape index (κ3) is 3.05. The quantitative estimate of drug-likeness (QED) is 0.757. The molecule has 4 heterocycles. The van der Waals surface area contributed by atoms with E-state index >= 15 is 0 Å². The van der Waals surface area contributed by atoms with Gasteiger partial charge in [-0.25, -0.2) is 4.79 Å². The molecule has 3 aliphatic rings. The molecule has 3 aliphatic heterocycles. The van der Waals surface area contributed by atoms with E-state index in [1.807, 2.05) is 6.20 Å². The van der Waals surface area contributed by atoms with Crippen molar-refractivity contribution in [3.63, 3.8) is 0 Å². The van der Waals surface area contributed by atoms with E-state index in [4.69, 9.17) is 4.42 Å². The lowest BCUT2D eigenvalue weighted by atomic mass is 9.94. The van der Waals surface area contributed by atoms with E-state index in [-0.39, 0.29) is 17.4 Å². The Balaban J connectivity index is 1.57. The molecule has 1 aromatic rings. The van der Waals surface area contributed by atoms with Crippen LogP contribution in [0.5, 0.6) is 0 Å². The Labute approximate surface area is 159 Å². The summed E-state index contributed by atoms with van der Waals surface area (Å²) in [6, 6.07) is -0.552. The molecule has 4 rings (SSSR count). The lowest BCUT2D eigenvalue weighted by Gasteiger charge is -2.34. The van der Waals surface area contributed by atoms with Crippen molar-refractivity contribution < 1.29 is 18.6 Å². The summed E-state index contributed by atoms with van der Waals surface area (Å²) in [4.78, 5) is 35.5. The number of rotatable bonds is 3. The van der Waals surface area contributed by atoms with Crippen LogP contribution in [0.1, 0.15) is 51.8 Å². The number of amidine groups is 1. The van der Waals surface area contributed by atoms with Crippen molar-refractivity contribution in [1.82, 2.24) is 14.7 Å². The number of aromatic nitrogens is 1. The number of aliphatic imine (C=N–C) groups is 1. The van der Waals surface area contributed by atoms with Crippen molar-refractivity contribution >= 4 is 23.8 Å². The van der Waals surface area contributed by atoms with Crippen LogP contribution in [0.4, 0.5) is 10.8 Å². The fraction of sp³-hybridized carbons (Fsp3) is 0.684. The summed E-state index contributed by atoms with van der Waals surface area (Å²) in [5, 5.41) is 0. The molecule has 3 amide bonds. The van der Waals surface area contributed by atoms with E-state index in [2.05, 4.69) is 30.7 Å². The summed E-state index contributed by atoms with van der Waals surface area (Å²) in [7, 11) is 1.67. The number of hydrogen-bond acceptors (Lipinski definition) is 5. The summed E-state index contributed by atoms with van der Waals surface area (Å²) in [6.07, 6.45) is 5.48. The lowest BCUT2D eigenvalue weighted by molar-refractivity contribution is -0.679. The number of imide groups is 1. The fourth-order valence-electron chi connectivity index (χ4n) is 3.89. The van der Waals surface area contributed by atoms with Gasteiger partial charge in [0.05, 0.1) is 0 Å². The Bertz CT molecular complexity index is 801. The maximum Gasteiger partial charge on any atom is 0.506 e. The van der Waals surface area contributed by atoms with Gasteiger partial charge in [-0.3, -0.25) is 14.6 Å². The Morgan fingerprint density at radius 2 is 1.89 bits per heavy atom. The van der Waals surface area contributed by atoms with E-state index < -0.39 is 6.04 Å². The highest BCUT2D eigenvalue weighted by atomic mass is 16.4. The number of amides is 3. The van der Waals surface area contributed by atoms with Crippen LogP contribution < -0.4 is 4.57 Å². The summed E-state index contributed by atoms with van der Waals surface area (Å²) < 4.78 is 7.62. The lowest BCUT2D eigenvalue weighted by Crippen LogP contribution is -2.63. The third-order valence-corrected chi connectivity index (χ3v) is 5.60. The minimum Gasteiger partial charge on any atom is -0.389 e. The highest BCUT2D eigenvalue weighted by Crippen LogP contribution is 2.32. The summed E-state index contributed by atoms with van der Waals surface area (Å²) in [5.74, 6) is 0.991. The van der Waals surface area contributed by atoms with Gasteiger partial charge in [-0.1, -0.05) is 27.2 Å². The molecule has 0 saturated carbocycles. The van der Waals surface area contributed by atoms with Gasteiger partial charge in [0.25, 0.3) is 17.8 Å². The average Bonchev–Trinajstić information content (AvgIpc) is 3.18. The molecule has 8 nitrogen and oxygen atoms in total. The number of carbonyl (C=O) groups excluding carboxylic acids is 2. The van der Waals surface area contributed by atoms with Crippen LogP contribution >= 0.6 is 0 Å². The molecule has 0 aliphatic carbocycles. The zero-order chi connectivity index (χ0) is 19.3. The highest BCUT2D eigenvalue weighted by Gasteiger charge is 2.55. The number of urea groups is 1. The van der Waals surface area contributed by atoms with E-state index in [0.29, 0.717) is 18.4 Å². The highest BCUT2D eigenvalue weighted by molar-refractivity contribution is 6.18. The molecule has 1 aromatic heterocycles. The van der Waals surface area contributed by atoms with Crippen LogP contribution in [-0.4, -0.2) is 65.7 Å². The number of hydrogen-bond donors (Lipinski definition) is 0. The molecular formula is C19H28N5O3+. The van der Waals surface area contributed by atoms with Gasteiger partial charge >= 0.3 is 12.0 Å². The smallest absolute Gasteiger partial charge is 0.389 e. The van der Waals surface area contributed by atoms with Crippen LogP contribution in [0.15, 0.2) is 15.6 Å². The molecule has 1 unspecified atom stereocenters. The van der Waals surface area contributed by atoms with Gasteiger partial charge < -0.3 is 9.32 Å². The van der Waals surface area contributed by atoms with Crippen molar-refractivity contribution in [3.8, 4) is 0 Å². The van der Waals surface area contributed by atoms with Crippen LogP contribution in [0.25, 0.3) is 0 Å². The number of carbonyl (C=O) groups is 2. The second kappa shape index (κ2) is 6.44. The van der Waals surface area contributed by atoms with Gasteiger partial charge in [-0.05, 0) is 25.9 Å². The van der Waals surface area contributed by atoms with Crippen molar-refractivity contribution in [2.24, 2.45) is 4.99 Å². The molecule has 2 fully saturated rings. The van der Waals surface area contributed by atoms with Crippen molar-refractivity contribution in [1.29, 1.82) is 0 Å². The molecule has 0 aromatic carbocycles. The monoisotopic (exact) mass is 374 g/mol. The number of nitrogens with zero attached hydrogens (tertiary/aromatic N) is 5. The standard InChI is InChI=1S/C19H28N5O3/c1-19(2,3)13-12-24-14-15(20-17(24)27-13)21(4)18(26)23(16(14)25)11-10-22-8-6-5-7-9-22/h12,14H,5-11H2,1-4H3/q+1. The Morgan fingerprint density at radius 3 is 2.56 bits per heavy atom. The summed E-state index contributed by atoms with van der Waals surface area (Å²) in [5.41, 5.74) is -0.180. The Hall–Kier alpha value is -2.22. The first-order chi connectivity index (χ1) is 12.8. The molecule has 2 saturated heterocycles. The molecule has 0 bridgehead atoms. The normalized spacial score (nSPS) is 23.6. The summed E-state index contributed by atoms with van der Waals surface area (Å²) >= 11 is 0. The third-order valence-electron chi connectivity index (χ3n) is 5.60. The molecule has 0 N–H and O–H groups in total. The first-order valence-corrected chi connectivity index (χ1v) is 9.73. The van der Waals surface area contributed by atoms with Gasteiger partial charge in [0.15, 0.2) is 5.76 Å². The zero-order valence-electron chi connectivity index (χ0n) is 16.6. The van der Waals surface area contributed by atoms with Crippen molar-refractivity contribution in [3.05, 3.63) is 12.0 Å². The van der Waals surface area contributed by atoms with Gasteiger partial charge in [0.1, 0.15) is 6.20 Å². The maximum absolute atomic E-state index is 13.2. The predicted octanol–water partition coefficient (Wildman–Crippen LogP) is 1.83. The van der Waals surface area contributed by atoms with E-state index in [9.17, 15) is 9.59 Å². The largest absolute Gasteiger partial charge is 0.506 e. The van der Waals surface area contributed by atoms with Gasteiger partial charge in [-0.15, -0.1) is 0 Å². The average molecular weight is 374 g/mol. The van der Waals surface area contributed by atoms with Crippen LogP contribution in [-0.2, 0) is 10.2 Å². The molecule has 146 valence electrons. The Kier molecular flexibility index (Phi) is 4.33. The van der Waals surface area contributed by atoms with Gasteiger partial charge in [0.2, 0.25) is 0 Å². The minimum absolute atomic E-state index is 0.180. The molecule has 8 heteroatoms. The van der Waals surface area contributed by atoms with Crippen LogP contribution in [0, 0.1) is 0 Å². The topological polar surface area (TPSA) is 73.2 Å². The molecule has 1 atom stereocenters. The Morgan fingerprint density at radius 1 is 1.19 bits per heavy atom. The number of piperidine rings is 1. The minimum atomic E-state index is -0.621. The van der Waals surface area contributed by atoms with E-state index in [0.717, 1.165) is 25.4 Å². The number of likely N-dealkylation sites (N-methyl/N-ethyl adjacent to an activating group) is 1. The van der Waals surface area contributed by atoms with E-state index in [1.165, 1.54) is 29.1 Å². The van der Waals surface area contributed by atoms with Gasteiger partial charge in [-0.2, -0.15) is 4.57 Å². The fourth-order valence-corrected chi connectivity index (χ4v) is 3.89. The zero-order valence-corrected chi connectivity index (χ0v) is 16.6.